The molecule has 0 unspecified atom stereocenters. The lowest BCUT2D eigenvalue weighted by Crippen LogP contribution is -2.24. The van der Waals surface area contributed by atoms with Crippen LogP contribution in [0.5, 0.6) is 11.5 Å². The Morgan fingerprint density at radius 3 is 2.52 bits per heavy atom. The average molecular weight is 425 g/mol. The van der Waals surface area contributed by atoms with E-state index in [1.807, 2.05) is 6.20 Å². The van der Waals surface area contributed by atoms with Crippen LogP contribution in [0.4, 0.5) is 5.82 Å². The maximum Gasteiger partial charge on any atom is 0.163 e. The van der Waals surface area contributed by atoms with Crippen molar-refractivity contribution in [2.75, 3.05) is 51.3 Å². The number of aromatic nitrogens is 2. The van der Waals surface area contributed by atoms with E-state index in [0.717, 1.165) is 59.8 Å². The summed E-state index contributed by atoms with van der Waals surface area (Å²) in [5.41, 5.74) is 2.20. The van der Waals surface area contributed by atoms with E-state index in [0.29, 0.717) is 6.61 Å². The first-order valence-electron chi connectivity index (χ1n) is 11.9. The normalized spacial score (nSPS) is 18.0. The van der Waals surface area contributed by atoms with Crippen molar-refractivity contribution in [3.05, 3.63) is 24.4 Å². The Balaban J connectivity index is 0.00000245. The maximum atomic E-state index is 6.16. The molecule has 0 radical (unpaired) electrons. The lowest BCUT2D eigenvalue weighted by atomic mass is 10.1. The van der Waals surface area contributed by atoms with E-state index in [1.54, 1.807) is 7.11 Å². The minimum atomic E-state index is 0. The molecule has 6 heteroatoms. The summed E-state index contributed by atoms with van der Waals surface area (Å²) in [5.74, 6) is 2.69. The molecular formula is C25H36N4O2. The molecule has 2 fully saturated rings. The summed E-state index contributed by atoms with van der Waals surface area (Å²) in [6, 6.07) is 6.28. The fraction of sp³-hybridized carbons (Fsp3) is 0.560. The molecular weight excluding hydrogens is 388 g/mol. The van der Waals surface area contributed by atoms with Gasteiger partial charge < -0.3 is 24.3 Å². The molecule has 0 atom stereocenters. The molecule has 31 heavy (non-hydrogen) atoms. The van der Waals surface area contributed by atoms with E-state index >= 15 is 0 Å². The van der Waals surface area contributed by atoms with E-state index in [2.05, 4.69) is 33.0 Å². The molecule has 2 aliphatic heterocycles. The second kappa shape index (κ2) is 9.35. The fourth-order valence-electron chi connectivity index (χ4n) is 5.11. The Bertz CT molecular complexity index is 1020. The van der Waals surface area contributed by atoms with Crippen LogP contribution in [0.15, 0.2) is 24.4 Å². The maximum absolute atomic E-state index is 6.16. The Hall–Kier alpha value is -2.47. The SMILES string of the molecule is COc1cc2c(cc1OCCCN1CCCC1)[nH]c1ccnc(N3CCCCCC3)c12.[HH]. The summed E-state index contributed by atoms with van der Waals surface area (Å²) >= 11 is 0. The number of anilines is 1. The zero-order valence-corrected chi connectivity index (χ0v) is 18.7. The van der Waals surface area contributed by atoms with Gasteiger partial charge in [-0.2, -0.15) is 0 Å². The zero-order valence-electron chi connectivity index (χ0n) is 18.7. The molecule has 2 saturated heterocycles. The van der Waals surface area contributed by atoms with Crippen molar-refractivity contribution in [1.29, 1.82) is 0 Å². The van der Waals surface area contributed by atoms with Crippen LogP contribution in [0.3, 0.4) is 0 Å². The van der Waals surface area contributed by atoms with Crippen LogP contribution in [-0.4, -0.2) is 61.3 Å². The number of pyridine rings is 1. The Labute approximate surface area is 186 Å². The molecule has 3 aromatic rings. The van der Waals surface area contributed by atoms with Gasteiger partial charge in [0.05, 0.1) is 30.1 Å². The molecule has 2 aromatic heterocycles. The van der Waals surface area contributed by atoms with Crippen LogP contribution < -0.4 is 14.4 Å². The minimum absolute atomic E-state index is 0. The Kier molecular flexibility index (Phi) is 6.16. The van der Waals surface area contributed by atoms with Crippen molar-refractivity contribution in [3.8, 4) is 11.5 Å². The number of methoxy groups -OCH3 is 1. The highest BCUT2D eigenvalue weighted by Crippen LogP contribution is 2.39. The molecule has 168 valence electrons. The number of ether oxygens (including phenoxy) is 2. The first-order valence-corrected chi connectivity index (χ1v) is 11.9. The van der Waals surface area contributed by atoms with Crippen molar-refractivity contribution >= 4 is 27.6 Å². The monoisotopic (exact) mass is 424 g/mol. The number of fused-ring (bicyclic) bond motifs is 3. The van der Waals surface area contributed by atoms with Crippen LogP contribution in [0, 0.1) is 0 Å². The Morgan fingerprint density at radius 1 is 0.968 bits per heavy atom. The van der Waals surface area contributed by atoms with Gasteiger partial charge in [-0.05, 0) is 57.3 Å². The summed E-state index contributed by atoms with van der Waals surface area (Å²) in [6.07, 6.45) is 10.7. The second-order valence-electron chi connectivity index (χ2n) is 8.88. The van der Waals surface area contributed by atoms with Gasteiger partial charge in [-0.25, -0.2) is 4.98 Å². The van der Waals surface area contributed by atoms with Gasteiger partial charge in [0.15, 0.2) is 11.5 Å². The van der Waals surface area contributed by atoms with Gasteiger partial charge in [-0.3, -0.25) is 0 Å². The van der Waals surface area contributed by atoms with Gasteiger partial charge in [-0.1, -0.05) is 12.8 Å². The lowest BCUT2D eigenvalue weighted by Gasteiger charge is -2.22. The van der Waals surface area contributed by atoms with Crippen molar-refractivity contribution in [3.63, 3.8) is 0 Å². The zero-order chi connectivity index (χ0) is 21.0. The number of likely N-dealkylation sites (tertiary alicyclic amines) is 1. The van der Waals surface area contributed by atoms with Gasteiger partial charge in [0, 0.05) is 38.7 Å². The molecule has 0 spiro atoms. The molecule has 0 aliphatic carbocycles. The smallest absolute Gasteiger partial charge is 0.163 e. The molecule has 1 aromatic carbocycles. The van der Waals surface area contributed by atoms with Gasteiger partial charge in [0.2, 0.25) is 0 Å². The van der Waals surface area contributed by atoms with Crippen LogP contribution >= 0.6 is 0 Å². The third kappa shape index (κ3) is 4.31. The molecule has 5 rings (SSSR count). The molecule has 0 amide bonds. The van der Waals surface area contributed by atoms with Gasteiger partial charge in [0.1, 0.15) is 5.82 Å². The van der Waals surface area contributed by atoms with E-state index in [9.17, 15) is 0 Å². The molecule has 4 heterocycles. The van der Waals surface area contributed by atoms with Gasteiger partial charge in [0.25, 0.3) is 0 Å². The van der Waals surface area contributed by atoms with Crippen LogP contribution in [0.25, 0.3) is 21.8 Å². The third-order valence-corrected chi connectivity index (χ3v) is 6.75. The summed E-state index contributed by atoms with van der Waals surface area (Å²) in [6.45, 7) is 6.44. The molecule has 2 aliphatic rings. The number of H-pyrrole nitrogens is 1. The van der Waals surface area contributed by atoms with E-state index < -0.39 is 0 Å². The predicted octanol–water partition coefficient (Wildman–Crippen LogP) is 5.22. The quantitative estimate of drug-likeness (QED) is 0.527. The largest absolute Gasteiger partial charge is 0.493 e. The van der Waals surface area contributed by atoms with Crippen LogP contribution in [0.1, 0.15) is 46.4 Å². The number of nitrogens with one attached hydrogen (secondary N) is 1. The van der Waals surface area contributed by atoms with Gasteiger partial charge in [-0.15, -0.1) is 0 Å². The topological polar surface area (TPSA) is 53.6 Å². The fourth-order valence-corrected chi connectivity index (χ4v) is 5.11. The van der Waals surface area contributed by atoms with Crippen molar-refractivity contribution in [2.45, 2.75) is 44.9 Å². The number of aromatic amines is 1. The summed E-state index contributed by atoms with van der Waals surface area (Å²) in [5, 5.41) is 2.35. The standard InChI is InChI=1S/C25H34N4O2.H2/c1-30-22-17-19-21(18-23(22)31-16-8-13-28-11-6-7-12-28)27-20-9-10-26-25(24(19)20)29-14-4-2-3-5-15-29;/h9-10,17-18,27H,2-8,11-16H2,1H3;1H. The number of rotatable bonds is 7. The van der Waals surface area contributed by atoms with Crippen molar-refractivity contribution in [2.24, 2.45) is 0 Å². The van der Waals surface area contributed by atoms with E-state index in [-0.39, 0.29) is 1.43 Å². The first-order chi connectivity index (χ1) is 15.3. The first kappa shape index (κ1) is 20.4. The number of hydrogen-bond acceptors (Lipinski definition) is 5. The van der Waals surface area contributed by atoms with E-state index in [4.69, 9.17) is 14.5 Å². The average Bonchev–Trinajstić information content (AvgIpc) is 3.35. The van der Waals surface area contributed by atoms with Crippen LogP contribution in [-0.2, 0) is 0 Å². The highest BCUT2D eigenvalue weighted by atomic mass is 16.5. The molecule has 0 saturated carbocycles. The molecule has 1 N–H and O–H groups in total. The lowest BCUT2D eigenvalue weighted by molar-refractivity contribution is 0.254. The Morgan fingerprint density at radius 2 is 1.74 bits per heavy atom. The molecule has 6 nitrogen and oxygen atoms in total. The van der Waals surface area contributed by atoms with Gasteiger partial charge >= 0.3 is 0 Å². The summed E-state index contributed by atoms with van der Waals surface area (Å²) < 4.78 is 11.9. The summed E-state index contributed by atoms with van der Waals surface area (Å²) in [4.78, 5) is 13.4. The van der Waals surface area contributed by atoms with Crippen LogP contribution in [0.2, 0.25) is 0 Å². The number of nitrogens with zero attached hydrogens (tertiary/aromatic N) is 3. The highest BCUT2D eigenvalue weighted by molar-refractivity contribution is 6.13. The molecule has 0 bridgehead atoms. The van der Waals surface area contributed by atoms with Crippen molar-refractivity contribution in [1.82, 2.24) is 14.9 Å². The second-order valence-corrected chi connectivity index (χ2v) is 8.88. The van der Waals surface area contributed by atoms with E-state index in [1.165, 1.54) is 57.0 Å². The minimum Gasteiger partial charge on any atom is -0.493 e. The highest BCUT2D eigenvalue weighted by Gasteiger charge is 2.19. The third-order valence-electron chi connectivity index (χ3n) is 6.75. The number of benzene rings is 1. The predicted molar refractivity (Wildman–Crippen MR) is 129 cm³/mol. The summed E-state index contributed by atoms with van der Waals surface area (Å²) in [7, 11) is 1.72. The van der Waals surface area contributed by atoms with Crippen molar-refractivity contribution < 1.29 is 10.9 Å². The number of hydrogen-bond donors (Lipinski definition) is 1.